The summed E-state index contributed by atoms with van der Waals surface area (Å²) in [6, 6.07) is 0. The van der Waals surface area contributed by atoms with Crippen molar-refractivity contribution in [3.05, 3.63) is 10.6 Å². The van der Waals surface area contributed by atoms with Gasteiger partial charge in [0.25, 0.3) is 0 Å². The van der Waals surface area contributed by atoms with Crippen molar-refractivity contribution in [3.63, 3.8) is 0 Å². The summed E-state index contributed by atoms with van der Waals surface area (Å²) in [5.41, 5.74) is 0.507. The van der Waals surface area contributed by atoms with Crippen LogP contribution in [0.5, 0.6) is 0 Å². The van der Waals surface area contributed by atoms with E-state index in [0.717, 1.165) is 22.1 Å². The van der Waals surface area contributed by atoms with Gasteiger partial charge in [-0.05, 0) is 19.6 Å². The first-order valence-electron chi connectivity index (χ1n) is 4.93. The lowest BCUT2D eigenvalue weighted by Crippen LogP contribution is -2.07. The van der Waals surface area contributed by atoms with Gasteiger partial charge in [0.05, 0.1) is 6.61 Å². The van der Waals surface area contributed by atoms with Gasteiger partial charge < -0.3 is 4.74 Å². The first kappa shape index (κ1) is 12.5. The van der Waals surface area contributed by atoms with Crippen LogP contribution >= 0.6 is 23.1 Å². The van der Waals surface area contributed by atoms with Crippen molar-refractivity contribution in [2.24, 2.45) is 0 Å². The average Bonchev–Trinajstić information content (AvgIpc) is 2.62. The molecule has 0 fully saturated rings. The Morgan fingerprint density at radius 2 is 2.27 bits per heavy atom. The third-order valence-electron chi connectivity index (χ3n) is 1.80. The molecule has 0 bridgehead atoms. The minimum Gasteiger partial charge on any atom is -0.461 e. The summed E-state index contributed by atoms with van der Waals surface area (Å²) in [5, 5.41) is 0. The molecule has 0 saturated heterocycles. The van der Waals surface area contributed by atoms with E-state index in [-0.39, 0.29) is 5.97 Å². The number of thioether (sulfide) groups is 1. The topological polar surface area (TPSA) is 39.2 Å². The number of esters is 1. The molecule has 0 atom stereocenters. The summed E-state index contributed by atoms with van der Waals surface area (Å²) in [6.07, 6.45) is 3.87. The van der Waals surface area contributed by atoms with E-state index in [1.165, 1.54) is 0 Å². The Labute approximate surface area is 98.2 Å². The molecule has 1 heterocycles. The number of carbonyl (C=O) groups excluding carboxylic acids is 1. The van der Waals surface area contributed by atoms with Gasteiger partial charge in [-0.3, -0.25) is 0 Å². The zero-order chi connectivity index (χ0) is 11.3. The van der Waals surface area contributed by atoms with Gasteiger partial charge in [-0.15, -0.1) is 11.3 Å². The number of aromatic nitrogens is 1. The molecule has 0 N–H and O–H groups in total. The fourth-order valence-corrected chi connectivity index (χ4v) is 2.87. The van der Waals surface area contributed by atoms with Crippen LogP contribution in [0.3, 0.4) is 0 Å². The summed E-state index contributed by atoms with van der Waals surface area (Å²) in [5.74, 6) is -0.294. The molecule has 0 aliphatic rings. The Hall–Kier alpha value is -0.550. The van der Waals surface area contributed by atoms with Gasteiger partial charge >= 0.3 is 5.97 Å². The Balaban J connectivity index is 2.92. The molecule has 0 unspecified atom stereocenters. The van der Waals surface area contributed by atoms with Crippen LogP contribution in [-0.4, -0.2) is 23.8 Å². The quantitative estimate of drug-likeness (QED) is 0.590. The number of ether oxygens (including phenoxy) is 1. The van der Waals surface area contributed by atoms with E-state index >= 15 is 0 Å². The van der Waals surface area contributed by atoms with Crippen molar-refractivity contribution in [1.29, 1.82) is 0 Å². The number of carbonyl (C=O) groups is 1. The van der Waals surface area contributed by atoms with Gasteiger partial charge in [0, 0.05) is 4.88 Å². The Bertz CT molecular complexity index is 336. The predicted molar refractivity (Wildman–Crippen MR) is 63.8 cm³/mol. The largest absolute Gasteiger partial charge is 0.461 e. The van der Waals surface area contributed by atoms with Crippen LogP contribution in [0.25, 0.3) is 0 Å². The van der Waals surface area contributed by atoms with Gasteiger partial charge in [0.2, 0.25) is 0 Å². The molecule has 0 saturated carbocycles. The van der Waals surface area contributed by atoms with Crippen molar-refractivity contribution >= 4 is 29.1 Å². The highest BCUT2D eigenvalue weighted by Gasteiger charge is 2.18. The Morgan fingerprint density at radius 1 is 1.53 bits per heavy atom. The van der Waals surface area contributed by atoms with E-state index in [0.29, 0.717) is 12.3 Å². The van der Waals surface area contributed by atoms with Crippen molar-refractivity contribution in [2.75, 3.05) is 12.9 Å². The number of rotatable bonds is 5. The Morgan fingerprint density at radius 3 is 2.80 bits per heavy atom. The molecule has 0 aliphatic carbocycles. The number of hydrogen-bond donors (Lipinski definition) is 0. The van der Waals surface area contributed by atoms with Gasteiger partial charge in [-0.2, -0.15) is 0 Å². The van der Waals surface area contributed by atoms with E-state index in [1.54, 1.807) is 30.0 Å². The standard InChI is InChI=1S/C10H15NO2S2/c1-4-6-7-8(9(12)13-5-2)11-10(14-3)15-7/h4-6H2,1-3H3. The van der Waals surface area contributed by atoms with Crippen LogP contribution in [0.1, 0.15) is 35.6 Å². The maximum absolute atomic E-state index is 11.6. The molecule has 0 spiro atoms. The fourth-order valence-electron chi connectivity index (χ4n) is 1.17. The van der Waals surface area contributed by atoms with Crippen molar-refractivity contribution in [1.82, 2.24) is 4.98 Å². The second-order valence-electron chi connectivity index (χ2n) is 2.93. The predicted octanol–water partition coefficient (Wildman–Crippen LogP) is 2.99. The second kappa shape index (κ2) is 6.12. The first-order chi connectivity index (χ1) is 7.22. The highest BCUT2D eigenvalue weighted by molar-refractivity contribution is 8.00. The molecule has 1 aromatic heterocycles. The van der Waals surface area contributed by atoms with Crippen molar-refractivity contribution < 1.29 is 9.53 Å². The summed E-state index contributed by atoms with van der Waals surface area (Å²) >= 11 is 3.15. The van der Waals surface area contributed by atoms with Crippen LogP contribution < -0.4 is 0 Å². The molecule has 0 radical (unpaired) electrons. The average molecular weight is 245 g/mol. The maximum Gasteiger partial charge on any atom is 0.358 e. The van der Waals surface area contributed by atoms with E-state index in [2.05, 4.69) is 11.9 Å². The molecule has 0 amide bonds. The zero-order valence-electron chi connectivity index (χ0n) is 9.20. The van der Waals surface area contributed by atoms with Crippen LogP contribution in [0.2, 0.25) is 0 Å². The van der Waals surface area contributed by atoms with Gasteiger partial charge in [-0.25, -0.2) is 9.78 Å². The summed E-state index contributed by atoms with van der Waals surface area (Å²) in [7, 11) is 0. The third kappa shape index (κ3) is 3.21. The van der Waals surface area contributed by atoms with E-state index in [4.69, 9.17) is 4.74 Å². The van der Waals surface area contributed by atoms with Crippen LogP contribution in [-0.2, 0) is 11.2 Å². The van der Waals surface area contributed by atoms with E-state index in [9.17, 15) is 4.79 Å². The highest BCUT2D eigenvalue weighted by Crippen LogP contribution is 2.27. The molecule has 1 aromatic rings. The molecule has 5 heteroatoms. The minimum atomic E-state index is -0.294. The van der Waals surface area contributed by atoms with Crippen LogP contribution in [0.4, 0.5) is 0 Å². The second-order valence-corrected chi connectivity index (χ2v) is 5.06. The molecule has 1 rings (SSSR count). The Kier molecular flexibility index (Phi) is 5.11. The fraction of sp³-hybridized carbons (Fsp3) is 0.600. The normalized spacial score (nSPS) is 10.3. The number of nitrogens with zero attached hydrogens (tertiary/aromatic N) is 1. The SMILES string of the molecule is CCCc1sc(SC)nc1C(=O)OCC. The third-order valence-corrected chi connectivity index (χ3v) is 3.90. The number of hydrogen-bond acceptors (Lipinski definition) is 5. The summed E-state index contributed by atoms with van der Waals surface area (Å²) in [6.45, 7) is 4.29. The summed E-state index contributed by atoms with van der Waals surface area (Å²) in [4.78, 5) is 16.9. The van der Waals surface area contributed by atoms with Crippen LogP contribution in [0.15, 0.2) is 4.34 Å². The van der Waals surface area contributed by atoms with Gasteiger partial charge in [-0.1, -0.05) is 25.1 Å². The smallest absolute Gasteiger partial charge is 0.358 e. The molecule has 0 aliphatic heterocycles. The molecule has 0 aromatic carbocycles. The van der Waals surface area contributed by atoms with E-state index < -0.39 is 0 Å². The number of thiazole rings is 1. The van der Waals surface area contributed by atoms with Gasteiger partial charge in [0.15, 0.2) is 10.0 Å². The minimum absolute atomic E-state index is 0.294. The first-order valence-corrected chi connectivity index (χ1v) is 6.97. The van der Waals surface area contributed by atoms with Crippen molar-refractivity contribution in [3.8, 4) is 0 Å². The lowest BCUT2D eigenvalue weighted by atomic mass is 10.2. The molecular formula is C10H15NO2S2. The lowest BCUT2D eigenvalue weighted by Gasteiger charge is -2.00. The highest BCUT2D eigenvalue weighted by atomic mass is 32.2. The zero-order valence-corrected chi connectivity index (χ0v) is 10.8. The maximum atomic E-state index is 11.6. The van der Waals surface area contributed by atoms with E-state index in [1.807, 2.05) is 6.26 Å². The molecule has 84 valence electrons. The lowest BCUT2D eigenvalue weighted by molar-refractivity contribution is 0.0518. The monoisotopic (exact) mass is 245 g/mol. The molecule has 3 nitrogen and oxygen atoms in total. The van der Waals surface area contributed by atoms with Gasteiger partial charge in [0.1, 0.15) is 0 Å². The summed E-state index contributed by atoms with van der Waals surface area (Å²) < 4.78 is 5.90. The number of aryl methyl sites for hydroxylation is 1. The van der Waals surface area contributed by atoms with Crippen LogP contribution in [0, 0.1) is 0 Å². The molecular weight excluding hydrogens is 230 g/mol. The van der Waals surface area contributed by atoms with Crippen molar-refractivity contribution in [2.45, 2.75) is 31.0 Å². The molecule has 15 heavy (non-hydrogen) atoms.